The zero-order valence-corrected chi connectivity index (χ0v) is 13.0. The number of rotatable bonds is 7. The normalized spacial score (nSPS) is 13.5. The number of benzene rings is 1. The molecule has 1 aromatic carbocycles. The quantitative estimate of drug-likeness (QED) is 0.834. The van der Waals surface area contributed by atoms with Crippen LogP contribution in [-0.2, 0) is 9.84 Å². The van der Waals surface area contributed by atoms with Crippen LogP contribution in [0.25, 0.3) is 0 Å². The number of likely N-dealkylation sites (N-methyl/N-ethyl adjacent to an activating group) is 1. The molecule has 0 aliphatic rings. The van der Waals surface area contributed by atoms with Crippen LogP contribution in [0.2, 0.25) is 0 Å². The highest BCUT2D eigenvalue weighted by molar-refractivity contribution is 7.91. The van der Waals surface area contributed by atoms with Crippen molar-refractivity contribution >= 4 is 15.5 Å². The summed E-state index contributed by atoms with van der Waals surface area (Å²) in [6.45, 7) is 4.68. The predicted molar refractivity (Wildman–Crippen MR) is 80.4 cm³/mol. The van der Waals surface area contributed by atoms with E-state index in [1.807, 2.05) is 33.2 Å². The van der Waals surface area contributed by atoms with Crippen molar-refractivity contribution in [3.8, 4) is 0 Å². The molecule has 1 atom stereocenters. The third-order valence-electron chi connectivity index (χ3n) is 3.16. The molecule has 0 saturated heterocycles. The van der Waals surface area contributed by atoms with Gasteiger partial charge in [-0.05, 0) is 39.6 Å². The summed E-state index contributed by atoms with van der Waals surface area (Å²) in [5.41, 5.74) is 0.699. The average Bonchev–Trinajstić information content (AvgIpc) is 2.36. The van der Waals surface area contributed by atoms with E-state index in [1.54, 1.807) is 12.1 Å². The van der Waals surface area contributed by atoms with Crippen molar-refractivity contribution in [1.29, 1.82) is 0 Å². The molecule has 0 amide bonds. The summed E-state index contributed by atoms with van der Waals surface area (Å²) in [4.78, 5) is 2.50. The summed E-state index contributed by atoms with van der Waals surface area (Å²) in [6.07, 6.45) is 0.630. The van der Waals surface area contributed by atoms with E-state index < -0.39 is 9.84 Å². The molecule has 0 aliphatic carbocycles. The largest absolute Gasteiger partial charge is 0.382 e. The van der Waals surface area contributed by atoms with Gasteiger partial charge in [0.25, 0.3) is 0 Å². The minimum Gasteiger partial charge on any atom is -0.382 e. The summed E-state index contributed by atoms with van der Waals surface area (Å²) >= 11 is 0. The number of hydrogen-bond donors (Lipinski definition) is 1. The molecule has 1 unspecified atom stereocenters. The Hall–Kier alpha value is -1.07. The maximum absolute atomic E-state index is 12.2. The van der Waals surface area contributed by atoms with Crippen molar-refractivity contribution in [2.45, 2.75) is 31.2 Å². The van der Waals surface area contributed by atoms with Gasteiger partial charge in [-0.2, -0.15) is 0 Å². The summed E-state index contributed by atoms with van der Waals surface area (Å²) < 4.78 is 24.4. The number of para-hydroxylation sites is 1. The lowest BCUT2D eigenvalue weighted by atomic mass is 10.2. The lowest BCUT2D eigenvalue weighted by Gasteiger charge is -2.21. The van der Waals surface area contributed by atoms with E-state index in [0.717, 1.165) is 0 Å². The van der Waals surface area contributed by atoms with E-state index in [-0.39, 0.29) is 5.75 Å². The Morgan fingerprint density at radius 1 is 1.26 bits per heavy atom. The molecular weight excluding hydrogens is 260 g/mol. The molecule has 19 heavy (non-hydrogen) atoms. The molecule has 0 radical (unpaired) electrons. The fourth-order valence-corrected chi connectivity index (χ4v) is 3.22. The van der Waals surface area contributed by atoms with Crippen LogP contribution >= 0.6 is 0 Å². The third-order valence-corrected chi connectivity index (χ3v) is 5.14. The van der Waals surface area contributed by atoms with Crippen molar-refractivity contribution in [2.24, 2.45) is 0 Å². The standard InChI is InChI=1S/C14H24N2O2S/c1-5-10-19(17,18)14-9-7-6-8-13(14)15-11-12(2)16(3)4/h6-9,12,15H,5,10-11H2,1-4H3. The van der Waals surface area contributed by atoms with Crippen LogP contribution in [0.5, 0.6) is 0 Å². The Bertz CT molecular complexity index is 498. The highest BCUT2D eigenvalue weighted by Gasteiger charge is 2.17. The Morgan fingerprint density at radius 3 is 2.47 bits per heavy atom. The molecule has 0 spiro atoms. The van der Waals surface area contributed by atoms with E-state index >= 15 is 0 Å². The average molecular weight is 284 g/mol. The van der Waals surface area contributed by atoms with Crippen molar-refractivity contribution in [2.75, 3.05) is 31.7 Å². The molecule has 0 saturated carbocycles. The molecule has 4 nitrogen and oxygen atoms in total. The van der Waals surface area contributed by atoms with Crippen LogP contribution in [-0.4, -0.2) is 45.8 Å². The Labute approximate surface area is 116 Å². The van der Waals surface area contributed by atoms with Crippen molar-refractivity contribution in [3.63, 3.8) is 0 Å². The molecule has 5 heteroatoms. The van der Waals surface area contributed by atoms with Gasteiger partial charge in [0, 0.05) is 12.6 Å². The van der Waals surface area contributed by atoms with Crippen LogP contribution in [0.15, 0.2) is 29.2 Å². The van der Waals surface area contributed by atoms with E-state index in [9.17, 15) is 8.42 Å². The Morgan fingerprint density at radius 2 is 1.89 bits per heavy atom. The van der Waals surface area contributed by atoms with E-state index in [1.165, 1.54) is 0 Å². The van der Waals surface area contributed by atoms with Crippen molar-refractivity contribution in [3.05, 3.63) is 24.3 Å². The molecule has 1 N–H and O–H groups in total. The third kappa shape index (κ3) is 4.51. The molecule has 0 aliphatic heterocycles. The van der Waals surface area contributed by atoms with Gasteiger partial charge in [0.05, 0.1) is 16.3 Å². The monoisotopic (exact) mass is 284 g/mol. The van der Waals surface area contributed by atoms with Gasteiger partial charge in [0.15, 0.2) is 9.84 Å². The maximum atomic E-state index is 12.2. The maximum Gasteiger partial charge on any atom is 0.180 e. The Kier molecular flexibility index (Phi) is 5.82. The highest BCUT2D eigenvalue weighted by Crippen LogP contribution is 2.22. The van der Waals surface area contributed by atoms with Crippen LogP contribution in [0, 0.1) is 0 Å². The summed E-state index contributed by atoms with van der Waals surface area (Å²) in [5.74, 6) is 0.189. The molecule has 0 aromatic heterocycles. The Balaban J connectivity index is 2.91. The number of nitrogens with zero attached hydrogens (tertiary/aromatic N) is 1. The van der Waals surface area contributed by atoms with Crippen LogP contribution in [0.4, 0.5) is 5.69 Å². The number of sulfone groups is 1. The number of hydrogen-bond acceptors (Lipinski definition) is 4. The van der Waals surface area contributed by atoms with Gasteiger partial charge in [-0.3, -0.25) is 0 Å². The highest BCUT2D eigenvalue weighted by atomic mass is 32.2. The van der Waals surface area contributed by atoms with Gasteiger partial charge in [-0.1, -0.05) is 19.1 Å². The van der Waals surface area contributed by atoms with E-state index in [2.05, 4.69) is 17.1 Å². The lowest BCUT2D eigenvalue weighted by Crippen LogP contribution is -2.31. The molecule has 0 bridgehead atoms. The first-order chi connectivity index (χ1) is 8.88. The first-order valence-corrected chi connectivity index (χ1v) is 8.25. The summed E-state index contributed by atoms with van der Waals surface area (Å²) in [6, 6.07) is 7.46. The SMILES string of the molecule is CCCS(=O)(=O)c1ccccc1NCC(C)N(C)C. The molecule has 108 valence electrons. The number of anilines is 1. The minimum atomic E-state index is -3.19. The van der Waals surface area contributed by atoms with Crippen LogP contribution in [0.1, 0.15) is 20.3 Å². The first-order valence-electron chi connectivity index (χ1n) is 6.60. The fraction of sp³-hybridized carbons (Fsp3) is 0.571. The molecule has 1 rings (SSSR count). The zero-order chi connectivity index (χ0) is 14.5. The van der Waals surface area contributed by atoms with Gasteiger partial charge in [0.2, 0.25) is 0 Å². The summed E-state index contributed by atoms with van der Waals surface area (Å²) in [5, 5.41) is 3.24. The second kappa shape index (κ2) is 6.91. The van der Waals surface area contributed by atoms with Gasteiger partial charge in [-0.25, -0.2) is 8.42 Å². The van der Waals surface area contributed by atoms with Gasteiger partial charge >= 0.3 is 0 Å². The van der Waals surface area contributed by atoms with Crippen LogP contribution in [0.3, 0.4) is 0 Å². The predicted octanol–water partition coefficient (Wildman–Crippen LogP) is 2.23. The summed E-state index contributed by atoms with van der Waals surface area (Å²) in [7, 11) is 0.827. The van der Waals surface area contributed by atoms with E-state index in [4.69, 9.17) is 0 Å². The van der Waals surface area contributed by atoms with Crippen molar-refractivity contribution < 1.29 is 8.42 Å². The van der Waals surface area contributed by atoms with Gasteiger partial charge in [-0.15, -0.1) is 0 Å². The second-order valence-electron chi connectivity index (χ2n) is 5.01. The minimum absolute atomic E-state index is 0.189. The van der Waals surface area contributed by atoms with Crippen molar-refractivity contribution in [1.82, 2.24) is 4.90 Å². The second-order valence-corrected chi connectivity index (χ2v) is 7.09. The van der Waals surface area contributed by atoms with Gasteiger partial charge < -0.3 is 10.2 Å². The molecule has 0 heterocycles. The number of nitrogens with one attached hydrogen (secondary N) is 1. The first kappa shape index (κ1) is 16.0. The lowest BCUT2D eigenvalue weighted by molar-refractivity contribution is 0.326. The smallest absolute Gasteiger partial charge is 0.180 e. The topological polar surface area (TPSA) is 49.4 Å². The molecule has 0 fully saturated rings. The van der Waals surface area contributed by atoms with E-state index in [0.29, 0.717) is 29.6 Å². The van der Waals surface area contributed by atoms with Crippen LogP contribution < -0.4 is 5.32 Å². The van der Waals surface area contributed by atoms with Gasteiger partial charge in [0.1, 0.15) is 0 Å². The fourth-order valence-electron chi connectivity index (χ4n) is 1.70. The molecule has 1 aromatic rings. The zero-order valence-electron chi connectivity index (χ0n) is 12.2. The molecular formula is C14H24N2O2S.